The average molecular weight is 247 g/mol. The molecule has 0 fully saturated rings. The molecular formula is C9H11F2N3O3. The first-order chi connectivity index (χ1) is 7.94. The van der Waals surface area contributed by atoms with Crippen molar-refractivity contribution < 1.29 is 18.7 Å². The number of hydrogen-bond acceptors (Lipinski definition) is 4. The fourth-order valence-corrected chi connectivity index (χ4v) is 1.00. The van der Waals surface area contributed by atoms with E-state index in [-0.39, 0.29) is 0 Å². The smallest absolute Gasteiger partial charge is 0.347 e. The number of nitrogens with one attached hydrogen (secondary N) is 1. The van der Waals surface area contributed by atoms with Crippen LogP contribution in [0.1, 0.15) is 0 Å². The number of amides is 1. The maximum absolute atomic E-state index is 12.6. The van der Waals surface area contributed by atoms with E-state index in [0.29, 0.717) is 0 Å². The molecule has 0 aliphatic rings. The van der Waals surface area contributed by atoms with Gasteiger partial charge in [0.05, 0.1) is 6.54 Å². The number of aliphatic hydroxyl groups is 1. The zero-order valence-corrected chi connectivity index (χ0v) is 8.77. The summed E-state index contributed by atoms with van der Waals surface area (Å²) in [7, 11) is 0. The molecule has 0 saturated carbocycles. The van der Waals surface area contributed by atoms with Gasteiger partial charge in [-0.2, -0.15) is 0 Å². The van der Waals surface area contributed by atoms with Gasteiger partial charge >= 0.3 is 5.69 Å². The Morgan fingerprint density at radius 1 is 1.59 bits per heavy atom. The van der Waals surface area contributed by atoms with Crippen LogP contribution in [0.2, 0.25) is 0 Å². The van der Waals surface area contributed by atoms with E-state index in [0.717, 1.165) is 4.57 Å². The van der Waals surface area contributed by atoms with Crippen molar-refractivity contribution in [3.63, 3.8) is 0 Å². The minimum absolute atomic E-state index is 0.395. The molecule has 1 aromatic rings. The molecule has 0 saturated heterocycles. The summed E-state index contributed by atoms with van der Waals surface area (Å²) in [6.45, 7) is -2.72. The van der Waals surface area contributed by atoms with E-state index in [1.165, 1.54) is 18.5 Å². The topological polar surface area (TPSA) is 84.2 Å². The highest BCUT2D eigenvalue weighted by atomic mass is 19.3. The zero-order chi connectivity index (χ0) is 12.9. The van der Waals surface area contributed by atoms with Crippen molar-refractivity contribution >= 4 is 5.91 Å². The molecule has 0 radical (unpaired) electrons. The number of aromatic nitrogens is 2. The quantitative estimate of drug-likeness (QED) is 0.698. The summed E-state index contributed by atoms with van der Waals surface area (Å²) >= 11 is 0. The third-order valence-corrected chi connectivity index (χ3v) is 1.87. The van der Waals surface area contributed by atoms with Crippen molar-refractivity contribution in [3.05, 3.63) is 28.9 Å². The van der Waals surface area contributed by atoms with Crippen LogP contribution < -0.4 is 11.0 Å². The van der Waals surface area contributed by atoms with Gasteiger partial charge in [0, 0.05) is 12.4 Å². The number of hydrogen-bond donors (Lipinski definition) is 2. The largest absolute Gasteiger partial charge is 0.390 e. The Morgan fingerprint density at radius 3 is 2.88 bits per heavy atom. The van der Waals surface area contributed by atoms with Gasteiger partial charge in [-0.25, -0.2) is 18.6 Å². The molecule has 1 aromatic heterocycles. The number of carbonyl (C=O) groups is 1. The summed E-state index contributed by atoms with van der Waals surface area (Å²) in [6, 6.07) is 1.44. The second-order valence-electron chi connectivity index (χ2n) is 3.32. The summed E-state index contributed by atoms with van der Waals surface area (Å²) in [5, 5.41) is 10.2. The van der Waals surface area contributed by atoms with Gasteiger partial charge in [0.2, 0.25) is 5.91 Å². The summed E-state index contributed by atoms with van der Waals surface area (Å²) in [4.78, 5) is 25.7. The Morgan fingerprint density at radius 2 is 2.29 bits per heavy atom. The zero-order valence-electron chi connectivity index (χ0n) is 8.77. The first-order valence-corrected chi connectivity index (χ1v) is 4.71. The van der Waals surface area contributed by atoms with Gasteiger partial charge < -0.3 is 10.4 Å². The second-order valence-corrected chi connectivity index (χ2v) is 3.32. The molecule has 17 heavy (non-hydrogen) atoms. The second kappa shape index (κ2) is 5.48. The van der Waals surface area contributed by atoms with Crippen molar-refractivity contribution in [2.24, 2.45) is 0 Å². The Hall–Kier alpha value is -1.83. The van der Waals surface area contributed by atoms with Crippen LogP contribution in [0.3, 0.4) is 0 Å². The molecule has 6 nitrogen and oxygen atoms in total. The lowest BCUT2D eigenvalue weighted by Crippen LogP contribution is -2.41. The van der Waals surface area contributed by atoms with Gasteiger partial charge in [0.25, 0.3) is 5.92 Å². The van der Waals surface area contributed by atoms with Crippen LogP contribution in [0, 0.1) is 0 Å². The van der Waals surface area contributed by atoms with E-state index in [1.54, 1.807) is 0 Å². The van der Waals surface area contributed by atoms with Crippen LogP contribution in [0.25, 0.3) is 0 Å². The Bertz CT molecular complexity index is 447. The lowest BCUT2D eigenvalue weighted by molar-refractivity contribution is -0.124. The molecule has 8 heteroatoms. The van der Waals surface area contributed by atoms with E-state index in [4.69, 9.17) is 5.11 Å². The number of carbonyl (C=O) groups excluding carboxylic acids is 1. The van der Waals surface area contributed by atoms with Crippen LogP contribution in [0.4, 0.5) is 8.78 Å². The third-order valence-electron chi connectivity index (χ3n) is 1.87. The molecule has 2 N–H and O–H groups in total. The number of rotatable bonds is 5. The minimum atomic E-state index is -3.37. The van der Waals surface area contributed by atoms with E-state index < -0.39 is 37.2 Å². The van der Waals surface area contributed by atoms with Gasteiger partial charge in [-0.1, -0.05) is 0 Å². The number of aliphatic hydroxyl groups excluding tert-OH is 1. The fourth-order valence-electron chi connectivity index (χ4n) is 1.00. The highest BCUT2D eigenvalue weighted by Crippen LogP contribution is 2.09. The third kappa shape index (κ3) is 4.27. The predicted octanol–water partition coefficient (Wildman–Crippen LogP) is -1.01. The highest BCUT2D eigenvalue weighted by Gasteiger charge is 2.28. The molecule has 0 aliphatic heterocycles. The Kier molecular flexibility index (Phi) is 4.27. The molecule has 0 atom stereocenters. The van der Waals surface area contributed by atoms with Crippen LogP contribution in [0.5, 0.6) is 0 Å². The lowest BCUT2D eigenvalue weighted by Gasteiger charge is -2.14. The normalized spacial score (nSPS) is 11.2. The van der Waals surface area contributed by atoms with Crippen molar-refractivity contribution in [2.75, 3.05) is 13.2 Å². The van der Waals surface area contributed by atoms with E-state index in [9.17, 15) is 18.4 Å². The highest BCUT2D eigenvalue weighted by molar-refractivity contribution is 5.75. The van der Waals surface area contributed by atoms with Crippen molar-refractivity contribution in [3.8, 4) is 0 Å². The van der Waals surface area contributed by atoms with E-state index >= 15 is 0 Å². The molecule has 1 heterocycles. The Labute approximate surface area is 94.9 Å². The van der Waals surface area contributed by atoms with Gasteiger partial charge in [-0.3, -0.25) is 9.36 Å². The van der Waals surface area contributed by atoms with Crippen LogP contribution >= 0.6 is 0 Å². The maximum Gasteiger partial charge on any atom is 0.347 e. The van der Waals surface area contributed by atoms with Crippen LogP contribution in [0.15, 0.2) is 23.3 Å². The monoisotopic (exact) mass is 247 g/mol. The van der Waals surface area contributed by atoms with Crippen LogP contribution in [-0.2, 0) is 11.3 Å². The van der Waals surface area contributed by atoms with Crippen LogP contribution in [-0.4, -0.2) is 39.6 Å². The molecular weight excluding hydrogens is 236 g/mol. The summed E-state index contributed by atoms with van der Waals surface area (Å²) in [5.41, 5.74) is -0.642. The molecule has 0 aliphatic carbocycles. The van der Waals surface area contributed by atoms with E-state index in [1.807, 2.05) is 5.32 Å². The van der Waals surface area contributed by atoms with Gasteiger partial charge in [-0.15, -0.1) is 0 Å². The molecule has 0 spiro atoms. The van der Waals surface area contributed by atoms with Crippen molar-refractivity contribution in [2.45, 2.75) is 12.5 Å². The lowest BCUT2D eigenvalue weighted by atomic mass is 10.3. The first-order valence-electron chi connectivity index (χ1n) is 4.71. The molecule has 1 rings (SSSR count). The number of nitrogens with zero attached hydrogens (tertiary/aromatic N) is 2. The molecule has 0 bridgehead atoms. The molecule has 0 unspecified atom stereocenters. The minimum Gasteiger partial charge on any atom is -0.390 e. The van der Waals surface area contributed by atoms with Gasteiger partial charge in [0.1, 0.15) is 13.2 Å². The van der Waals surface area contributed by atoms with Gasteiger partial charge in [-0.05, 0) is 6.07 Å². The SMILES string of the molecule is O=C(Cn1cccnc1=O)NCC(F)(F)CO. The fraction of sp³-hybridized carbons (Fsp3) is 0.444. The van der Waals surface area contributed by atoms with Gasteiger partial charge in [0.15, 0.2) is 0 Å². The Balaban J connectivity index is 2.51. The molecule has 1 amide bonds. The maximum atomic E-state index is 12.6. The molecule has 94 valence electrons. The molecule has 0 aromatic carbocycles. The van der Waals surface area contributed by atoms with Crippen molar-refractivity contribution in [1.82, 2.24) is 14.9 Å². The number of halogens is 2. The summed E-state index contributed by atoms with van der Waals surface area (Å²) in [5.74, 6) is -4.12. The standard InChI is InChI=1S/C9H11F2N3O3/c10-9(11,6-15)5-13-7(16)4-14-3-1-2-12-8(14)17/h1-3,15H,4-6H2,(H,13,16). The van der Waals surface area contributed by atoms with E-state index in [2.05, 4.69) is 4.98 Å². The average Bonchev–Trinajstić information content (AvgIpc) is 2.30. The first kappa shape index (κ1) is 13.2. The predicted molar refractivity (Wildman–Crippen MR) is 53.5 cm³/mol. The van der Waals surface area contributed by atoms with Crippen molar-refractivity contribution in [1.29, 1.82) is 0 Å². The summed E-state index contributed by atoms with van der Waals surface area (Å²) in [6.07, 6.45) is 2.58. The number of alkyl halides is 2. The summed E-state index contributed by atoms with van der Waals surface area (Å²) < 4.78 is 26.1.